The van der Waals surface area contributed by atoms with Crippen LogP contribution in [0.1, 0.15) is 51.5 Å². The summed E-state index contributed by atoms with van der Waals surface area (Å²) in [5, 5.41) is 9.79. The summed E-state index contributed by atoms with van der Waals surface area (Å²) in [6.45, 7) is 5.99. The second-order valence-corrected chi connectivity index (χ2v) is 9.62. The number of hydrogen-bond donors (Lipinski definition) is 4. The van der Waals surface area contributed by atoms with Crippen molar-refractivity contribution in [3.05, 3.63) is 99.8 Å². The van der Waals surface area contributed by atoms with E-state index < -0.39 is 5.91 Å². The number of carbonyl (C=O) groups is 1. The maximum Gasteiger partial charge on any atom is 0.267 e. The molecular weight excluding hydrogens is 455 g/mol. The van der Waals surface area contributed by atoms with Gasteiger partial charge in [0.15, 0.2) is 0 Å². The minimum absolute atomic E-state index is 0.232. The number of halogens is 1. The highest BCUT2D eigenvalue weighted by molar-refractivity contribution is 5.90. The highest BCUT2D eigenvalue weighted by Gasteiger charge is 2.29. The molecule has 2 heterocycles. The first-order valence-electron chi connectivity index (χ1n) is 12.3. The van der Waals surface area contributed by atoms with Gasteiger partial charge in [-0.25, -0.2) is 9.87 Å². The van der Waals surface area contributed by atoms with E-state index in [-0.39, 0.29) is 11.9 Å². The summed E-state index contributed by atoms with van der Waals surface area (Å²) in [7, 11) is 0. The number of nitrogens with one attached hydrogen (secondary N) is 3. The van der Waals surface area contributed by atoms with Crippen molar-refractivity contribution in [2.24, 2.45) is 0 Å². The van der Waals surface area contributed by atoms with Gasteiger partial charge in [-0.1, -0.05) is 18.2 Å². The molecule has 36 heavy (non-hydrogen) atoms. The number of nitrogens with zero attached hydrogens (tertiary/aromatic N) is 1. The maximum absolute atomic E-state index is 13.7. The fourth-order valence-electron chi connectivity index (χ4n) is 5.41. The molecule has 1 atom stereocenters. The van der Waals surface area contributed by atoms with Crippen molar-refractivity contribution >= 4 is 22.9 Å². The van der Waals surface area contributed by atoms with Crippen LogP contribution in [0, 0.1) is 19.7 Å². The number of fused-ring (bicyclic) bond motifs is 2. The lowest BCUT2D eigenvalue weighted by atomic mass is 10.0. The van der Waals surface area contributed by atoms with Crippen LogP contribution in [0.4, 0.5) is 4.39 Å². The van der Waals surface area contributed by atoms with Crippen LogP contribution in [-0.4, -0.2) is 32.5 Å². The third-order valence-electron chi connectivity index (χ3n) is 7.38. The Morgan fingerprint density at radius 1 is 1.19 bits per heavy atom. The summed E-state index contributed by atoms with van der Waals surface area (Å²) in [5.41, 5.74) is 11.0. The smallest absolute Gasteiger partial charge is 0.267 e. The fraction of sp³-hybridized carbons (Fsp3) is 0.276. The summed E-state index contributed by atoms with van der Waals surface area (Å²) in [6.07, 6.45) is 9.97. The molecule has 2 aromatic carbocycles. The van der Waals surface area contributed by atoms with Crippen molar-refractivity contribution in [3.63, 3.8) is 0 Å². The summed E-state index contributed by atoms with van der Waals surface area (Å²) in [6, 6.07) is 11.5. The second kappa shape index (κ2) is 10.1. The third-order valence-corrected chi connectivity index (χ3v) is 7.38. The number of hydroxylamine groups is 1. The van der Waals surface area contributed by atoms with Gasteiger partial charge in [0.2, 0.25) is 0 Å². The number of rotatable bonds is 8. The van der Waals surface area contributed by atoms with Crippen LogP contribution in [0.2, 0.25) is 0 Å². The molecular formula is C29H31FN4O2. The lowest BCUT2D eigenvalue weighted by Crippen LogP contribution is -2.29. The Bertz CT molecular complexity index is 1420. The molecule has 5 rings (SSSR count). The van der Waals surface area contributed by atoms with Gasteiger partial charge in [-0.2, -0.15) is 0 Å². The first kappa shape index (κ1) is 24.0. The summed E-state index contributed by atoms with van der Waals surface area (Å²) >= 11 is 0. The van der Waals surface area contributed by atoms with Gasteiger partial charge in [-0.3, -0.25) is 14.9 Å². The molecule has 1 unspecified atom stereocenters. The molecule has 0 saturated carbocycles. The van der Waals surface area contributed by atoms with E-state index in [4.69, 9.17) is 5.21 Å². The monoisotopic (exact) mass is 486 g/mol. The molecule has 4 N–H and O–H groups in total. The number of amides is 1. The van der Waals surface area contributed by atoms with Gasteiger partial charge in [-0.15, -0.1) is 0 Å². The standard InChI is InChI=1S/C29H31FN4O2/c1-18-15-31-19(2)26(18)17-34(12-11-22-16-32-27-14-23(30)6-8-24(22)27)28-9-5-21-13-20(3-7-25(21)28)4-10-29(35)33-36/h3-4,6-8,10,13-16,28,31-32,36H,5,9,11-12,17H2,1-2H3,(H,33,35). The number of H-pyrrole nitrogens is 2. The zero-order valence-corrected chi connectivity index (χ0v) is 20.6. The molecule has 1 aliphatic carbocycles. The van der Waals surface area contributed by atoms with E-state index in [9.17, 15) is 9.18 Å². The van der Waals surface area contributed by atoms with Crippen LogP contribution < -0.4 is 5.48 Å². The normalized spacial score (nSPS) is 15.3. The van der Waals surface area contributed by atoms with Gasteiger partial charge < -0.3 is 9.97 Å². The van der Waals surface area contributed by atoms with Crippen molar-refractivity contribution in [2.75, 3.05) is 6.54 Å². The summed E-state index contributed by atoms with van der Waals surface area (Å²) < 4.78 is 13.7. The highest BCUT2D eigenvalue weighted by Crippen LogP contribution is 2.38. The first-order valence-corrected chi connectivity index (χ1v) is 12.3. The van der Waals surface area contributed by atoms with Crippen LogP contribution >= 0.6 is 0 Å². The summed E-state index contributed by atoms with van der Waals surface area (Å²) in [5.74, 6) is -0.776. The number of carbonyl (C=O) groups excluding carboxylic acids is 1. The van der Waals surface area contributed by atoms with E-state index in [1.165, 1.54) is 45.7 Å². The molecule has 0 radical (unpaired) electrons. The van der Waals surface area contributed by atoms with Crippen molar-refractivity contribution in [3.8, 4) is 0 Å². The minimum atomic E-state index is -0.545. The molecule has 0 bridgehead atoms. The fourth-order valence-corrected chi connectivity index (χ4v) is 5.41. The van der Waals surface area contributed by atoms with Crippen LogP contribution in [0.5, 0.6) is 0 Å². The molecule has 186 valence electrons. The van der Waals surface area contributed by atoms with E-state index in [1.54, 1.807) is 17.6 Å². The average Bonchev–Trinajstić information content (AvgIpc) is 3.57. The van der Waals surface area contributed by atoms with E-state index in [0.717, 1.165) is 48.8 Å². The van der Waals surface area contributed by atoms with Crippen molar-refractivity contribution in [1.29, 1.82) is 0 Å². The van der Waals surface area contributed by atoms with Gasteiger partial charge in [0.25, 0.3) is 5.91 Å². The summed E-state index contributed by atoms with van der Waals surface area (Å²) in [4.78, 5) is 20.5. The first-order chi connectivity index (χ1) is 17.4. The van der Waals surface area contributed by atoms with Crippen LogP contribution in [0.25, 0.3) is 17.0 Å². The predicted octanol–water partition coefficient (Wildman–Crippen LogP) is 5.50. The van der Waals surface area contributed by atoms with Gasteiger partial charge in [0.05, 0.1) is 0 Å². The Balaban J connectivity index is 1.41. The number of benzene rings is 2. The Morgan fingerprint density at radius 3 is 2.83 bits per heavy atom. The van der Waals surface area contributed by atoms with Crippen molar-refractivity contribution in [1.82, 2.24) is 20.3 Å². The molecule has 7 heteroatoms. The van der Waals surface area contributed by atoms with E-state index in [1.807, 2.05) is 18.3 Å². The van der Waals surface area contributed by atoms with E-state index in [2.05, 4.69) is 47.0 Å². The number of aromatic amines is 2. The molecule has 1 amide bonds. The average molecular weight is 487 g/mol. The lowest BCUT2D eigenvalue weighted by molar-refractivity contribution is -0.124. The molecule has 4 aromatic rings. The molecule has 6 nitrogen and oxygen atoms in total. The Morgan fingerprint density at radius 2 is 2.06 bits per heavy atom. The van der Waals surface area contributed by atoms with Crippen molar-refractivity contribution in [2.45, 2.75) is 45.7 Å². The Kier molecular flexibility index (Phi) is 6.76. The Hall–Kier alpha value is -3.68. The second-order valence-electron chi connectivity index (χ2n) is 9.62. The maximum atomic E-state index is 13.7. The topological polar surface area (TPSA) is 84.2 Å². The van der Waals surface area contributed by atoms with Crippen LogP contribution in [0.3, 0.4) is 0 Å². The molecule has 0 spiro atoms. The molecule has 2 aromatic heterocycles. The number of aromatic nitrogens is 2. The van der Waals surface area contributed by atoms with Gasteiger partial charge in [0.1, 0.15) is 5.82 Å². The highest BCUT2D eigenvalue weighted by atomic mass is 19.1. The zero-order chi connectivity index (χ0) is 25.2. The van der Waals surface area contributed by atoms with Crippen LogP contribution in [-0.2, 0) is 24.2 Å². The van der Waals surface area contributed by atoms with Crippen molar-refractivity contribution < 1.29 is 14.4 Å². The quantitative estimate of drug-likeness (QED) is 0.151. The third kappa shape index (κ3) is 4.85. The minimum Gasteiger partial charge on any atom is -0.365 e. The van der Waals surface area contributed by atoms with E-state index in [0.29, 0.717) is 0 Å². The Labute approximate surface area is 209 Å². The van der Waals surface area contributed by atoms with Gasteiger partial charge in [-0.05, 0) is 90.8 Å². The largest absolute Gasteiger partial charge is 0.365 e. The SMILES string of the molecule is Cc1c[nH]c(C)c1CN(CCc1c[nH]c2cc(F)ccc12)C1CCc2cc(C=CC(=O)NO)ccc21. The molecule has 0 saturated heterocycles. The van der Waals surface area contributed by atoms with Crippen LogP contribution in [0.15, 0.2) is 54.9 Å². The number of hydrogen-bond acceptors (Lipinski definition) is 3. The van der Waals surface area contributed by atoms with Gasteiger partial charge >= 0.3 is 0 Å². The molecule has 0 fully saturated rings. The number of aryl methyl sites for hydroxylation is 3. The molecule has 1 aliphatic rings. The molecule has 0 aliphatic heterocycles. The predicted molar refractivity (Wildman–Crippen MR) is 139 cm³/mol. The zero-order valence-electron chi connectivity index (χ0n) is 20.6. The van der Waals surface area contributed by atoms with E-state index >= 15 is 0 Å². The van der Waals surface area contributed by atoms with Gasteiger partial charge in [0, 0.05) is 54.2 Å². The lowest BCUT2D eigenvalue weighted by Gasteiger charge is -2.30.